The summed E-state index contributed by atoms with van der Waals surface area (Å²) in [6, 6.07) is 10.2. The Labute approximate surface area is 175 Å². The second kappa shape index (κ2) is 8.39. The van der Waals surface area contributed by atoms with Crippen molar-refractivity contribution in [2.45, 2.75) is 13.8 Å². The molecule has 6 nitrogen and oxygen atoms in total. The molecule has 0 radical (unpaired) electrons. The average molecular weight is 412 g/mol. The van der Waals surface area contributed by atoms with Crippen molar-refractivity contribution in [3.8, 4) is 10.9 Å². The van der Waals surface area contributed by atoms with Gasteiger partial charge in [-0.25, -0.2) is 4.98 Å². The molecular formula is C22H27N4O2S+. The SMILES string of the molecule is COc1cccc(N2CC[NH+](CC(=O)c3cc(C)n(-c4nccs4)c3C)CC2)c1. The Kier molecular flexibility index (Phi) is 5.69. The molecule has 0 unspecified atom stereocenters. The topological polar surface area (TPSA) is 51.8 Å². The van der Waals surface area contributed by atoms with Gasteiger partial charge in [0, 0.05) is 40.3 Å². The Balaban J connectivity index is 1.40. The third-order valence-electron chi connectivity index (χ3n) is 5.64. The van der Waals surface area contributed by atoms with E-state index < -0.39 is 0 Å². The minimum atomic E-state index is 0.214. The van der Waals surface area contributed by atoms with Gasteiger partial charge in [-0.15, -0.1) is 11.3 Å². The third kappa shape index (κ3) is 4.06. The second-order valence-corrected chi connectivity index (χ2v) is 8.35. The molecule has 0 aliphatic carbocycles. The number of quaternary nitrogens is 1. The second-order valence-electron chi connectivity index (χ2n) is 7.47. The first-order chi connectivity index (χ1) is 14.1. The quantitative estimate of drug-likeness (QED) is 0.632. The normalized spacial score (nSPS) is 14.9. The van der Waals surface area contributed by atoms with Gasteiger partial charge in [0.15, 0.2) is 5.13 Å². The van der Waals surface area contributed by atoms with Crippen LogP contribution in [0.25, 0.3) is 5.13 Å². The van der Waals surface area contributed by atoms with Crippen molar-refractivity contribution in [1.82, 2.24) is 9.55 Å². The number of methoxy groups -OCH3 is 1. The van der Waals surface area contributed by atoms with E-state index in [-0.39, 0.29) is 5.78 Å². The molecule has 3 aromatic rings. The summed E-state index contributed by atoms with van der Waals surface area (Å²) in [7, 11) is 1.69. The predicted molar refractivity (Wildman–Crippen MR) is 116 cm³/mol. The molecule has 152 valence electrons. The van der Waals surface area contributed by atoms with E-state index in [0.29, 0.717) is 6.54 Å². The van der Waals surface area contributed by atoms with E-state index in [9.17, 15) is 4.79 Å². The van der Waals surface area contributed by atoms with E-state index in [1.54, 1.807) is 24.6 Å². The van der Waals surface area contributed by atoms with Crippen LogP contribution in [0.1, 0.15) is 21.7 Å². The predicted octanol–water partition coefficient (Wildman–Crippen LogP) is 2.15. The summed E-state index contributed by atoms with van der Waals surface area (Å²) >= 11 is 1.59. The number of benzene rings is 1. The van der Waals surface area contributed by atoms with Gasteiger partial charge in [-0.3, -0.25) is 9.36 Å². The van der Waals surface area contributed by atoms with Crippen LogP contribution in [-0.2, 0) is 0 Å². The first-order valence-corrected chi connectivity index (χ1v) is 10.8. The van der Waals surface area contributed by atoms with Crippen LogP contribution < -0.4 is 14.5 Å². The molecule has 0 atom stereocenters. The van der Waals surface area contributed by atoms with Crippen LogP contribution >= 0.6 is 11.3 Å². The number of aryl methyl sites for hydroxylation is 1. The number of nitrogens with zero attached hydrogens (tertiary/aromatic N) is 3. The van der Waals surface area contributed by atoms with Crippen molar-refractivity contribution in [2.24, 2.45) is 0 Å². The van der Waals surface area contributed by atoms with Crippen molar-refractivity contribution in [1.29, 1.82) is 0 Å². The minimum Gasteiger partial charge on any atom is -0.497 e. The number of carbonyl (C=O) groups is 1. The molecule has 3 heterocycles. The monoisotopic (exact) mass is 411 g/mol. The van der Waals surface area contributed by atoms with Gasteiger partial charge in [0.05, 0.1) is 33.3 Å². The zero-order chi connectivity index (χ0) is 20.4. The number of Topliss-reactive ketones (excluding diaryl/α,β-unsaturated/α-hetero) is 1. The fraction of sp³-hybridized carbons (Fsp3) is 0.364. The molecule has 1 saturated heterocycles. The van der Waals surface area contributed by atoms with Gasteiger partial charge in [0.25, 0.3) is 0 Å². The lowest BCUT2D eigenvalue weighted by molar-refractivity contribution is -0.892. The Morgan fingerprint density at radius 2 is 2.03 bits per heavy atom. The highest BCUT2D eigenvalue weighted by Gasteiger charge is 2.25. The zero-order valence-corrected chi connectivity index (χ0v) is 18.0. The van der Waals surface area contributed by atoms with Gasteiger partial charge in [-0.05, 0) is 32.0 Å². The molecule has 2 aromatic heterocycles. The van der Waals surface area contributed by atoms with E-state index in [2.05, 4.69) is 26.6 Å². The Bertz CT molecular complexity index is 988. The van der Waals surface area contributed by atoms with E-state index in [4.69, 9.17) is 4.74 Å². The maximum Gasteiger partial charge on any atom is 0.218 e. The van der Waals surface area contributed by atoms with Crippen LogP contribution in [0.2, 0.25) is 0 Å². The minimum absolute atomic E-state index is 0.214. The van der Waals surface area contributed by atoms with E-state index in [1.165, 1.54) is 10.6 Å². The number of aromatic nitrogens is 2. The Hall–Kier alpha value is -2.64. The number of ketones is 1. The largest absolute Gasteiger partial charge is 0.497 e. The molecule has 0 spiro atoms. The van der Waals surface area contributed by atoms with Crippen LogP contribution in [0.4, 0.5) is 5.69 Å². The molecule has 1 N–H and O–H groups in total. The van der Waals surface area contributed by atoms with Gasteiger partial charge in [0.1, 0.15) is 12.3 Å². The summed E-state index contributed by atoms with van der Waals surface area (Å²) in [5.74, 6) is 1.09. The summed E-state index contributed by atoms with van der Waals surface area (Å²) < 4.78 is 7.41. The molecule has 1 aliphatic heterocycles. The highest BCUT2D eigenvalue weighted by Crippen LogP contribution is 2.23. The summed E-state index contributed by atoms with van der Waals surface area (Å²) in [5.41, 5.74) is 4.04. The fourth-order valence-electron chi connectivity index (χ4n) is 4.05. The fourth-order valence-corrected chi connectivity index (χ4v) is 4.80. The molecule has 4 rings (SSSR count). The first kappa shape index (κ1) is 19.7. The lowest BCUT2D eigenvalue weighted by atomic mass is 10.1. The Morgan fingerprint density at radius 1 is 1.24 bits per heavy atom. The highest BCUT2D eigenvalue weighted by atomic mass is 32.1. The van der Waals surface area contributed by atoms with Gasteiger partial charge in [-0.1, -0.05) is 6.07 Å². The molecular weight excluding hydrogens is 384 g/mol. The number of anilines is 1. The van der Waals surface area contributed by atoms with Gasteiger partial charge < -0.3 is 14.5 Å². The average Bonchev–Trinajstić information content (AvgIpc) is 3.36. The number of ether oxygens (including phenoxy) is 1. The van der Waals surface area contributed by atoms with Crippen molar-refractivity contribution in [3.63, 3.8) is 0 Å². The molecule has 1 fully saturated rings. The maximum absolute atomic E-state index is 13.0. The number of hydrogen-bond donors (Lipinski definition) is 1. The van der Waals surface area contributed by atoms with Crippen LogP contribution in [0, 0.1) is 13.8 Å². The molecule has 0 amide bonds. The molecule has 0 bridgehead atoms. The van der Waals surface area contributed by atoms with Crippen molar-refractivity contribution >= 4 is 22.8 Å². The molecule has 7 heteroatoms. The number of thiazole rings is 1. The smallest absolute Gasteiger partial charge is 0.218 e. The number of nitrogens with one attached hydrogen (secondary N) is 1. The number of piperazine rings is 1. The standard InChI is InChI=1S/C22H26N4O2S/c1-16-13-20(17(2)26(16)22-23-7-12-29-22)21(27)15-24-8-10-25(11-9-24)18-5-4-6-19(14-18)28-3/h4-7,12-14H,8-11,15H2,1-3H3/p+1. The van der Waals surface area contributed by atoms with Crippen LogP contribution in [0.5, 0.6) is 5.75 Å². The van der Waals surface area contributed by atoms with Crippen LogP contribution in [0.15, 0.2) is 41.9 Å². The Morgan fingerprint density at radius 3 is 2.72 bits per heavy atom. The van der Waals surface area contributed by atoms with E-state index >= 15 is 0 Å². The maximum atomic E-state index is 13.0. The van der Waals surface area contributed by atoms with Gasteiger partial charge in [0.2, 0.25) is 5.78 Å². The first-order valence-electron chi connectivity index (χ1n) is 9.91. The molecule has 29 heavy (non-hydrogen) atoms. The molecule has 0 saturated carbocycles. The zero-order valence-electron chi connectivity index (χ0n) is 17.1. The molecule has 1 aliphatic rings. The highest BCUT2D eigenvalue weighted by molar-refractivity contribution is 7.12. The lowest BCUT2D eigenvalue weighted by Crippen LogP contribution is -3.15. The lowest BCUT2D eigenvalue weighted by Gasteiger charge is -2.33. The summed E-state index contributed by atoms with van der Waals surface area (Å²) in [6.45, 7) is 8.36. The van der Waals surface area contributed by atoms with Crippen LogP contribution in [0.3, 0.4) is 0 Å². The number of hydrogen-bond acceptors (Lipinski definition) is 5. The molecule has 1 aromatic carbocycles. The summed E-state index contributed by atoms with van der Waals surface area (Å²) in [5, 5.41) is 2.88. The van der Waals surface area contributed by atoms with E-state index in [0.717, 1.165) is 54.0 Å². The van der Waals surface area contributed by atoms with Crippen molar-refractivity contribution < 1.29 is 14.4 Å². The number of rotatable bonds is 6. The van der Waals surface area contributed by atoms with Crippen LogP contribution in [-0.4, -0.2) is 55.2 Å². The van der Waals surface area contributed by atoms with Crippen molar-refractivity contribution in [2.75, 3.05) is 44.7 Å². The summed E-state index contributed by atoms with van der Waals surface area (Å²) in [4.78, 5) is 21.1. The van der Waals surface area contributed by atoms with Gasteiger partial charge in [-0.2, -0.15) is 0 Å². The third-order valence-corrected chi connectivity index (χ3v) is 6.40. The summed E-state index contributed by atoms with van der Waals surface area (Å²) in [6.07, 6.45) is 1.80. The van der Waals surface area contributed by atoms with Gasteiger partial charge >= 0.3 is 0 Å². The van der Waals surface area contributed by atoms with E-state index in [1.807, 2.05) is 37.4 Å². The number of carbonyl (C=O) groups excluding carboxylic acids is 1. The van der Waals surface area contributed by atoms with Crippen molar-refractivity contribution in [3.05, 3.63) is 58.9 Å².